The normalized spacial score (nSPS) is 19.5. The zero-order valence-electron chi connectivity index (χ0n) is 11.4. The average molecular weight is 293 g/mol. The molecule has 0 amide bonds. The molecule has 0 radical (unpaired) electrons. The lowest BCUT2D eigenvalue weighted by Gasteiger charge is -2.22. The molecule has 2 N–H and O–H groups in total. The lowest BCUT2D eigenvalue weighted by molar-refractivity contribution is 0.0115. The van der Waals surface area contributed by atoms with Crippen LogP contribution in [0.2, 0.25) is 0 Å². The minimum atomic E-state index is -0.0441. The molecule has 3 rings (SSSR count). The molecule has 108 valence electrons. The molecule has 3 heterocycles. The van der Waals surface area contributed by atoms with Crippen molar-refractivity contribution < 1.29 is 4.74 Å². The summed E-state index contributed by atoms with van der Waals surface area (Å²) in [7, 11) is 0. The van der Waals surface area contributed by atoms with Crippen molar-refractivity contribution in [2.45, 2.75) is 38.3 Å². The van der Waals surface area contributed by atoms with E-state index in [1.165, 1.54) is 24.2 Å². The fourth-order valence-electron chi connectivity index (χ4n) is 2.51. The molecule has 1 aliphatic rings. The van der Waals surface area contributed by atoms with Gasteiger partial charge in [0.05, 0.1) is 18.2 Å². The summed E-state index contributed by atoms with van der Waals surface area (Å²) >= 11 is 1.43. The second-order valence-electron chi connectivity index (χ2n) is 5.10. The van der Waals surface area contributed by atoms with Crippen LogP contribution in [0.3, 0.4) is 0 Å². The highest BCUT2D eigenvalue weighted by atomic mass is 32.1. The van der Waals surface area contributed by atoms with Crippen LogP contribution in [0.15, 0.2) is 16.2 Å². The highest BCUT2D eigenvalue weighted by molar-refractivity contribution is 7.17. The van der Waals surface area contributed by atoms with Crippen molar-refractivity contribution >= 4 is 21.6 Å². The van der Waals surface area contributed by atoms with E-state index in [2.05, 4.69) is 15.3 Å². The Kier molecular flexibility index (Phi) is 4.44. The predicted molar refractivity (Wildman–Crippen MR) is 80.2 cm³/mol. The minimum Gasteiger partial charge on any atom is -0.378 e. The first kappa shape index (κ1) is 13.7. The number of aromatic amines is 1. The number of thiophene rings is 1. The summed E-state index contributed by atoms with van der Waals surface area (Å²) < 4.78 is 6.38. The number of hydrogen-bond acceptors (Lipinski definition) is 5. The van der Waals surface area contributed by atoms with E-state index >= 15 is 0 Å². The Balaban J connectivity index is 1.50. The van der Waals surface area contributed by atoms with Gasteiger partial charge in [-0.3, -0.25) is 4.79 Å². The fourth-order valence-corrected chi connectivity index (χ4v) is 3.24. The zero-order chi connectivity index (χ0) is 13.8. The van der Waals surface area contributed by atoms with E-state index in [0.717, 1.165) is 31.5 Å². The quantitative estimate of drug-likeness (QED) is 0.828. The summed E-state index contributed by atoms with van der Waals surface area (Å²) in [5, 5.41) is 5.22. The summed E-state index contributed by atoms with van der Waals surface area (Å²) in [6, 6.07) is 1.88. The van der Waals surface area contributed by atoms with Gasteiger partial charge in [0, 0.05) is 6.61 Å². The molecule has 5 nitrogen and oxygen atoms in total. The average Bonchev–Trinajstić information content (AvgIpc) is 2.94. The van der Waals surface area contributed by atoms with Crippen LogP contribution in [-0.4, -0.2) is 29.2 Å². The Hall–Kier alpha value is -1.24. The van der Waals surface area contributed by atoms with Crippen LogP contribution in [0, 0.1) is 0 Å². The van der Waals surface area contributed by atoms with E-state index < -0.39 is 0 Å². The highest BCUT2D eigenvalue weighted by Gasteiger charge is 2.13. The third-order valence-electron chi connectivity index (χ3n) is 3.57. The Bertz CT molecular complexity index is 616. The third kappa shape index (κ3) is 3.26. The molecule has 0 aromatic carbocycles. The maximum Gasteiger partial charge on any atom is 0.268 e. The van der Waals surface area contributed by atoms with Crippen molar-refractivity contribution in [3.05, 3.63) is 27.6 Å². The molecular weight excluding hydrogens is 274 g/mol. The molecular formula is C14H19N3O2S. The van der Waals surface area contributed by atoms with Gasteiger partial charge in [0.2, 0.25) is 0 Å². The van der Waals surface area contributed by atoms with Gasteiger partial charge >= 0.3 is 0 Å². The van der Waals surface area contributed by atoms with E-state index in [4.69, 9.17) is 4.74 Å². The number of nitrogens with one attached hydrogen (secondary N) is 2. The van der Waals surface area contributed by atoms with Gasteiger partial charge in [-0.15, -0.1) is 11.3 Å². The summed E-state index contributed by atoms with van der Waals surface area (Å²) in [6.45, 7) is 2.37. The first-order valence-electron chi connectivity index (χ1n) is 7.11. The van der Waals surface area contributed by atoms with Crippen molar-refractivity contribution in [3.63, 3.8) is 0 Å². The molecule has 0 bridgehead atoms. The van der Waals surface area contributed by atoms with E-state index in [9.17, 15) is 4.79 Å². The van der Waals surface area contributed by atoms with Crippen molar-refractivity contribution in [1.82, 2.24) is 15.3 Å². The predicted octanol–water partition coefficient (Wildman–Crippen LogP) is 2.03. The second kappa shape index (κ2) is 6.47. The molecule has 1 aliphatic heterocycles. The molecule has 1 unspecified atom stereocenters. The van der Waals surface area contributed by atoms with Crippen molar-refractivity contribution in [2.75, 3.05) is 13.2 Å². The zero-order valence-corrected chi connectivity index (χ0v) is 12.2. The van der Waals surface area contributed by atoms with E-state index in [0.29, 0.717) is 23.2 Å². The lowest BCUT2D eigenvalue weighted by Crippen LogP contribution is -2.26. The molecule has 6 heteroatoms. The first-order valence-corrected chi connectivity index (χ1v) is 7.99. The number of hydrogen-bond donors (Lipinski definition) is 2. The van der Waals surface area contributed by atoms with Gasteiger partial charge in [-0.25, -0.2) is 4.98 Å². The Morgan fingerprint density at radius 1 is 1.50 bits per heavy atom. The number of H-pyrrole nitrogens is 1. The molecule has 1 fully saturated rings. The second-order valence-corrected chi connectivity index (χ2v) is 6.02. The molecule has 2 aromatic rings. The minimum absolute atomic E-state index is 0.0441. The molecule has 2 aromatic heterocycles. The van der Waals surface area contributed by atoms with Crippen LogP contribution in [0.25, 0.3) is 10.2 Å². The largest absolute Gasteiger partial charge is 0.378 e. The number of ether oxygens (including phenoxy) is 1. The van der Waals surface area contributed by atoms with Crippen LogP contribution in [0.1, 0.15) is 31.5 Å². The molecule has 0 spiro atoms. The Morgan fingerprint density at radius 3 is 3.30 bits per heavy atom. The highest BCUT2D eigenvalue weighted by Crippen LogP contribution is 2.15. The van der Waals surface area contributed by atoms with E-state index in [-0.39, 0.29) is 5.56 Å². The summed E-state index contributed by atoms with van der Waals surface area (Å²) in [5.41, 5.74) is 0.739. The number of fused-ring (bicyclic) bond motifs is 1. The monoisotopic (exact) mass is 293 g/mol. The van der Waals surface area contributed by atoms with Crippen LogP contribution in [0.4, 0.5) is 0 Å². The number of rotatable bonds is 5. The number of aromatic nitrogens is 2. The van der Waals surface area contributed by atoms with Crippen LogP contribution in [0.5, 0.6) is 0 Å². The maximum atomic E-state index is 11.8. The van der Waals surface area contributed by atoms with Gasteiger partial charge in [0.1, 0.15) is 10.5 Å². The topological polar surface area (TPSA) is 67.0 Å². The molecule has 0 aliphatic carbocycles. The first-order chi connectivity index (χ1) is 9.83. The van der Waals surface area contributed by atoms with Gasteiger partial charge in [-0.05, 0) is 43.7 Å². The van der Waals surface area contributed by atoms with Crippen LogP contribution in [-0.2, 0) is 11.3 Å². The third-order valence-corrected chi connectivity index (χ3v) is 4.48. The summed E-state index contributed by atoms with van der Waals surface area (Å²) in [6.07, 6.45) is 5.04. The van der Waals surface area contributed by atoms with Gasteiger partial charge in [0.15, 0.2) is 0 Å². The molecule has 1 atom stereocenters. The van der Waals surface area contributed by atoms with Gasteiger partial charge in [0.25, 0.3) is 5.56 Å². The van der Waals surface area contributed by atoms with E-state index in [1.807, 2.05) is 11.4 Å². The summed E-state index contributed by atoms with van der Waals surface area (Å²) in [5.74, 6) is 0.700. The maximum absolute atomic E-state index is 11.8. The molecule has 20 heavy (non-hydrogen) atoms. The van der Waals surface area contributed by atoms with Gasteiger partial charge < -0.3 is 15.0 Å². The lowest BCUT2D eigenvalue weighted by atomic mass is 10.1. The van der Waals surface area contributed by atoms with Crippen molar-refractivity contribution in [1.29, 1.82) is 0 Å². The fraction of sp³-hybridized carbons (Fsp3) is 0.571. The van der Waals surface area contributed by atoms with Gasteiger partial charge in [-0.2, -0.15) is 0 Å². The smallest absolute Gasteiger partial charge is 0.268 e. The van der Waals surface area contributed by atoms with Crippen molar-refractivity contribution in [3.8, 4) is 0 Å². The SMILES string of the molecule is O=c1[nH]c(CNCCC2CCCCO2)nc2ccsc12. The van der Waals surface area contributed by atoms with E-state index in [1.54, 1.807) is 0 Å². The molecule has 1 saturated heterocycles. The molecule has 0 saturated carbocycles. The Labute approximate surface area is 121 Å². The number of nitrogens with zero attached hydrogens (tertiary/aromatic N) is 1. The van der Waals surface area contributed by atoms with Crippen LogP contribution < -0.4 is 10.9 Å². The summed E-state index contributed by atoms with van der Waals surface area (Å²) in [4.78, 5) is 19.1. The van der Waals surface area contributed by atoms with Gasteiger partial charge in [-0.1, -0.05) is 0 Å². The standard InChI is InChI=1S/C14H19N3O2S/c18-14-13-11(5-8-20-13)16-12(17-14)9-15-6-4-10-3-1-2-7-19-10/h5,8,10,15H,1-4,6-7,9H2,(H,16,17,18). The Morgan fingerprint density at radius 2 is 2.45 bits per heavy atom. The van der Waals surface area contributed by atoms with Crippen molar-refractivity contribution in [2.24, 2.45) is 0 Å². The van der Waals surface area contributed by atoms with Crippen LogP contribution >= 0.6 is 11.3 Å².